The monoisotopic (exact) mass is 148 g/mol. The van der Waals surface area contributed by atoms with Crippen molar-refractivity contribution in [3.8, 4) is 0 Å². The Balaban J connectivity index is 2.38. The lowest BCUT2D eigenvalue weighted by molar-refractivity contribution is 0.281. The van der Waals surface area contributed by atoms with E-state index in [-0.39, 0.29) is 6.61 Å². The highest BCUT2D eigenvalue weighted by atomic mass is 16.3. The summed E-state index contributed by atoms with van der Waals surface area (Å²) in [6.45, 7) is 2.41. The second-order valence-electron chi connectivity index (χ2n) is 3.30. The van der Waals surface area contributed by atoms with Gasteiger partial charge in [0.2, 0.25) is 0 Å². The Hall–Kier alpha value is -0.820. The lowest BCUT2D eigenvalue weighted by Crippen LogP contribution is -2.13. The first-order valence-corrected chi connectivity index (χ1v) is 4.04. The van der Waals surface area contributed by atoms with Gasteiger partial charge in [0.05, 0.1) is 6.61 Å². The third-order valence-electron chi connectivity index (χ3n) is 2.45. The summed E-state index contributed by atoms with van der Waals surface area (Å²) >= 11 is 0. The van der Waals surface area contributed by atoms with Crippen molar-refractivity contribution in [3.05, 3.63) is 34.9 Å². The van der Waals surface area contributed by atoms with Gasteiger partial charge in [-0.2, -0.15) is 0 Å². The fraction of sp³-hybridized carbons (Fsp3) is 0.400. The molecule has 11 heavy (non-hydrogen) atoms. The zero-order chi connectivity index (χ0) is 7.84. The van der Waals surface area contributed by atoms with Crippen molar-refractivity contribution in [2.24, 2.45) is 0 Å². The topological polar surface area (TPSA) is 20.2 Å². The molecule has 0 spiro atoms. The Morgan fingerprint density at radius 3 is 2.91 bits per heavy atom. The molecule has 0 radical (unpaired) electrons. The normalized spacial score (nSPS) is 20.7. The van der Waals surface area contributed by atoms with Crippen LogP contribution in [-0.2, 0) is 13.0 Å². The molecular formula is C10H12O. The molecule has 1 N–H and O–H groups in total. The molecule has 1 atom stereocenters. The second kappa shape index (κ2) is 2.35. The minimum absolute atomic E-state index is 0.168. The molecule has 1 nitrogen and oxygen atoms in total. The van der Waals surface area contributed by atoms with Crippen LogP contribution in [0.4, 0.5) is 0 Å². The lowest BCUT2D eigenvalue weighted by atomic mass is 9.78. The molecule has 0 aromatic heterocycles. The van der Waals surface area contributed by atoms with Crippen LogP contribution in [0, 0.1) is 0 Å². The number of benzene rings is 1. The van der Waals surface area contributed by atoms with Crippen molar-refractivity contribution in [2.45, 2.75) is 25.9 Å². The minimum atomic E-state index is 0.168. The molecule has 1 heteroatoms. The summed E-state index contributed by atoms with van der Waals surface area (Å²) in [5.41, 5.74) is 3.92. The van der Waals surface area contributed by atoms with E-state index in [9.17, 15) is 0 Å². The van der Waals surface area contributed by atoms with E-state index in [1.165, 1.54) is 17.5 Å². The SMILES string of the molecule is CC1Cc2cc(CO)ccc21. The summed E-state index contributed by atoms with van der Waals surface area (Å²) in [6, 6.07) is 6.25. The van der Waals surface area contributed by atoms with Crippen molar-refractivity contribution >= 4 is 0 Å². The first-order chi connectivity index (χ1) is 5.31. The number of aliphatic hydroxyl groups is 1. The van der Waals surface area contributed by atoms with E-state index in [2.05, 4.69) is 19.1 Å². The maximum absolute atomic E-state index is 8.84. The molecule has 0 aliphatic heterocycles. The first-order valence-electron chi connectivity index (χ1n) is 4.04. The van der Waals surface area contributed by atoms with E-state index in [4.69, 9.17) is 5.11 Å². The van der Waals surface area contributed by atoms with Gasteiger partial charge in [-0.25, -0.2) is 0 Å². The van der Waals surface area contributed by atoms with Crippen molar-refractivity contribution < 1.29 is 5.11 Å². The highest BCUT2D eigenvalue weighted by Gasteiger charge is 2.21. The van der Waals surface area contributed by atoms with Gasteiger partial charge in [-0.1, -0.05) is 25.1 Å². The van der Waals surface area contributed by atoms with Gasteiger partial charge in [0.15, 0.2) is 0 Å². The largest absolute Gasteiger partial charge is 0.392 e. The van der Waals surface area contributed by atoms with Crippen LogP contribution in [0.3, 0.4) is 0 Å². The quantitative estimate of drug-likeness (QED) is 0.644. The molecule has 1 aromatic rings. The van der Waals surface area contributed by atoms with Crippen LogP contribution in [0.25, 0.3) is 0 Å². The van der Waals surface area contributed by atoms with Crippen LogP contribution < -0.4 is 0 Å². The van der Waals surface area contributed by atoms with Gasteiger partial charge in [-0.3, -0.25) is 0 Å². The molecular weight excluding hydrogens is 136 g/mol. The standard InChI is InChI=1S/C10H12O/c1-7-4-9-5-8(6-11)2-3-10(7)9/h2-3,5,7,11H,4,6H2,1H3. The molecule has 0 heterocycles. The van der Waals surface area contributed by atoms with Gasteiger partial charge >= 0.3 is 0 Å². The maximum atomic E-state index is 8.84. The molecule has 58 valence electrons. The number of aliphatic hydroxyl groups excluding tert-OH is 1. The molecule has 0 saturated heterocycles. The van der Waals surface area contributed by atoms with Crippen molar-refractivity contribution in [1.29, 1.82) is 0 Å². The van der Waals surface area contributed by atoms with Crippen LogP contribution in [0.1, 0.15) is 29.5 Å². The van der Waals surface area contributed by atoms with Crippen molar-refractivity contribution in [3.63, 3.8) is 0 Å². The summed E-state index contributed by atoms with van der Waals surface area (Å²) < 4.78 is 0. The minimum Gasteiger partial charge on any atom is -0.392 e. The van der Waals surface area contributed by atoms with Crippen molar-refractivity contribution in [2.75, 3.05) is 0 Å². The van der Waals surface area contributed by atoms with E-state index in [1.54, 1.807) is 0 Å². The van der Waals surface area contributed by atoms with Crippen LogP contribution in [-0.4, -0.2) is 5.11 Å². The third kappa shape index (κ3) is 0.962. The van der Waals surface area contributed by atoms with Crippen LogP contribution in [0.2, 0.25) is 0 Å². The van der Waals surface area contributed by atoms with Crippen LogP contribution in [0.5, 0.6) is 0 Å². The molecule has 2 rings (SSSR count). The Labute approximate surface area is 66.7 Å². The van der Waals surface area contributed by atoms with Crippen molar-refractivity contribution in [1.82, 2.24) is 0 Å². The predicted molar refractivity (Wildman–Crippen MR) is 44.5 cm³/mol. The smallest absolute Gasteiger partial charge is 0.0681 e. The summed E-state index contributed by atoms with van der Waals surface area (Å²) in [6.07, 6.45) is 1.18. The Kier molecular flexibility index (Phi) is 1.46. The Morgan fingerprint density at radius 2 is 2.36 bits per heavy atom. The van der Waals surface area contributed by atoms with Crippen LogP contribution >= 0.6 is 0 Å². The number of hydrogen-bond acceptors (Lipinski definition) is 1. The molecule has 0 amide bonds. The van der Waals surface area contributed by atoms with Gasteiger partial charge in [-0.05, 0) is 29.0 Å². The van der Waals surface area contributed by atoms with E-state index >= 15 is 0 Å². The second-order valence-corrected chi connectivity index (χ2v) is 3.30. The van der Waals surface area contributed by atoms with Gasteiger partial charge in [0.1, 0.15) is 0 Å². The fourth-order valence-corrected chi connectivity index (χ4v) is 1.72. The molecule has 0 bridgehead atoms. The predicted octanol–water partition coefficient (Wildman–Crippen LogP) is 1.84. The van der Waals surface area contributed by atoms with Gasteiger partial charge in [0.25, 0.3) is 0 Å². The van der Waals surface area contributed by atoms with E-state index < -0.39 is 0 Å². The molecule has 0 fully saturated rings. The summed E-state index contributed by atoms with van der Waals surface area (Å²) in [4.78, 5) is 0. The lowest BCUT2D eigenvalue weighted by Gasteiger charge is -2.27. The zero-order valence-corrected chi connectivity index (χ0v) is 6.67. The average Bonchev–Trinajstić information content (AvgIpc) is 2.02. The number of hydrogen-bond donors (Lipinski definition) is 1. The first kappa shape index (κ1) is 6.86. The van der Waals surface area contributed by atoms with E-state index in [0.717, 1.165) is 11.5 Å². The molecule has 0 saturated carbocycles. The third-order valence-corrected chi connectivity index (χ3v) is 2.45. The molecule has 1 aliphatic carbocycles. The van der Waals surface area contributed by atoms with Gasteiger partial charge in [-0.15, -0.1) is 0 Å². The molecule has 1 unspecified atom stereocenters. The highest BCUT2D eigenvalue weighted by molar-refractivity contribution is 5.41. The zero-order valence-electron chi connectivity index (χ0n) is 6.67. The van der Waals surface area contributed by atoms with Gasteiger partial charge < -0.3 is 5.11 Å². The Bertz CT molecular complexity index is 278. The number of rotatable bonds is 1. The summed E-state index contributed by atoms with van der Waals surface area (Å²) in [7, 11) is 0. The van der Waals surface area contributed by atoms with E-state index in [0.29, 0.717) is 0 Å². The van der Waals surface area contributed by atoms with Gasteiger partial charge in [0, 0.05) is 0 Å². The summed E-state index contributed by atoms with van der Waals surface area (Å²) in [5.74, 6) is 0.734. The Morgan fingerprint density at radius 1 is 1.55 bits per heavy atom. The average molecular weight is 148 g/mol. The molecule has 1 aromatic carbocycles. The maximum Gasteiger partial charge on any atom is 0.0681 e. The highest BCUT2D eigenvalue weighted by Crippen LogP contribution is 2.34. The fourth-order valence-electron chi connectivity index (χ4n) is 1.72. The number of fused-ring (bicyclic) bond motifs is 1. The van der Waals surface area contributed by atoms with E-state index in [1.807, 2.05) is 6.07 Å². The van der Waals surface area contributed by atoms with Crippen LogP contribution in [0.15, 0.2) is 18.2 Å². The molecule has 1 aliphatic rings. The summed E-state index contributed by atoms with van der Waals surface area (Å²) in [5, 5.41) is 8.84.